The summed E-state index contributed by atoms with van der Waals surface area (Å²) in [5.41, 5.74) is 4.70. The van der Waals surface area contributed by atoms with Gasteiger partial charge in [0.25, 0.3) is 0 Å². The van der Waals surface area contributed by atoms with Crippen LogP contribution in [0.4, 0.5) is 0 Å². The van der Waals surface area contributed by atoms with Gasteiger partial charge in [-0.2, -0.15) is 0 Å². The Labute approximate surface area is 165 Å². The fourth-order valence-corrected chi connectivity index (χ4v) is 4.09. The molecule has 4 nitrogen and oxygen atoms in total. The summed E-state index contributed by atoms with van der Waals surface area (Å²) >= 11 is 0. The topological polar surface area (TPSA) is 53.4 Å². The van der Waals surface area contributed by atoms with E-state index < -0.39 is 5.97 Å². The van der Waals surface area contributed by atoms with Gasteiger partial charge in [-0.3, -0.25) is 14.7 Å². The van der Waals surface area contributed by atoms with Crippen LogP contribution in [0.1, 0.15) is 30.0 Å². The van der Waals surface area contributed by atoms with Crippen LogP contribution in [0.2, 0.25) is 0 Å². The van der Waals surface area contributed by atoms with Gasteiger partial charge in [0.1, 0.15) is 0 Å². The Morgan fingerprint density at radius 3 is 2.25 bits per heavy atom. The summed E-state index contributed by atoms with van der Waals surface area (Å²) in [5.74, 6) is -1.00. The lowest BCUT2D eigenvalue weighted by Crippen LogP contribution is -2.41. The van der Waals surface area contributed by atoms with Crippen molar-refractivity contribution >= 4 is 5.97 Å². The van der Waals surface area contributed by atoms with Crippen molar-refractivity contribution in [3.63, 3.8) is 0 Å². The summed E-state index contributed by atoms with van der Waals surface area (Å²) in [6.07, 6.45) is 5.26. The maximum atomic E-state index is 11.6. The summed E-state index contributed by atoms with van der Waals surface area (Å²) < 4.78 is 0. The fourth-order valence-electron chi connectivity index (χ4n) is 4.09. The quantitative estimate of drug-likeness (QED) is 0.709. The van der Waals surface area contributed by atoms with E-state index in [9.17, 15) is 9.90 Å². The Morgan fingerprint density at radius 1 is 0.929 bits per heavy atom. The molecule has 4 rings (SSSR count). The lowest BCUT2D eigenvalue weighted by molar-refractivity contribution is -0.143. The van der Waals surface area contributed by atoms with Gasteiger partial charge in [-0.25, -0.2) is 0 Å². The summed E-state index contributed by atoms with van der Waals surface area (Å²) in [5, 5.41) is 9.50. The maximum Gasteiger partial charge on any atom is 0.307 e. The molecule has 0 saturated carbocycles. The molecule has 4 heteroatoms. The third-order valence-electron chi connectivity index (χ3n) is 5.52. The number of benzene rings is 2. The highest BCUT2D eigenvalue weighted by molar-refractivity contribution is 5.70. The van der Waals surface area contributed by atoms with Crippen LogP contribution in [-0.4, -0.2) is 34.0 Å². The van der Waals surface area contributed by atoms with E-state index in [2.05, 4.69) is 46.3 Å². The first-order valence-electron chi connectivity index (χ1n) is 9.74. The number of hydrogen-bond donors (Lipinski definition) is 1. The van der Waals surface area contributed by atoms with Crippen LogP contribution < -0.4 is 0 Å². The number of aromatic nitrogens is 1. The van der Waals surface area contributed by atoms with Gasteiger partial charge in [-0.15, -0.1) is 0 Å². The van der Waals surface area contributed by atoms with Gasteiger partial charge in [-0.1, -0.05) is 54.6 Å². The van der Waals surface area contributed by atoms with Crippen LogP contribution in [-0.2, 0) is 4.79 Å². The average molecular weight is 372 g/mol. The SMILES string of the molecule is O=C(O)C1CCCN(C(c2ccncc2)c2ccc(-c3ccccc3)cc2)C1. The minimum Gasteiger partial charge on any atom is -0.481 e. The van der Waals surface area contributed by atoms with Crippen LogP contribution in [0.3, 0.4) is 0 Å². The highest BCUT2D eigenvalue weighted by Gasteiger charge is 2.31. The molecule has 142 valence electrons. The predicted octanol–water partition coefficient (Wildman–Crippen LogP) is 4.63. The molecular weight excluding hydrogens is 348 g/mol. The van der Waals surface area contributed by atoms with Crippen molar-refractivity contribution in [2.45, 2.75) is 18.9 Å². The zero-order valence-electron chi connectivity index (χ0n) is 15.7. The van der Waals surface area contributed by atoms with Crippen molar-refractivity contribution in [2.75, 3.05) is 13.1 Å². The number of hydrogen-bond acceptors (Lipinski definition) is 3. The first-order chi connectivity index (χ1) is 13.7. The van der Waals surface area contributed by atoms with Gasteiger partial charge in [-0.05, 0) is 53.8 Å². The standard InChI is InChI=1S/C24H24N2O2/c27-24(28)22-7-4-16-26(17-22)23(21-12-14-25-15-13-21)20-10-8-19(9-11-20)18-5-2-1-3-6-18/h1-3,5-6,8-15,22-23H,4,7,16-17H2,(H,27,28). The Bertz CT molecular complexity index is 910. The summed E-state index contributed by atoms with van der Waals surface area (Å²) in [6, 6.07) is 23.0. The van der Waals surface area contributed by atoms with Crippen LogP contribution in [0.15, 0.2) is 79.1 Å². The molecule has 1 fully saturated rings. The Hall–Kier alpha value is -2.98. The smallest absolute Gasteiger partial charge is 0.307 e. The molecule has 2 heterocycles. The second kappa shape index (κ2) is 8.36. The molecule has 0 spiro atoms. The number of nitrogens with zero attached hydrogens (tertiary/aromatic N) is 2. The highest BCUT2D eigenvalue weighted by atomic mass is 16.4. The summed E-state index contributed by atoms with van der Waals surface area (Å²) in [4.78, 5) is 18.0. The number of carboxylic acids is 1. The number of aliphatic carboxylic acids is 1. The number of carboxylic acid groups (broad SMARTS) is 1. The molecule has 1 saturated heterocycles. The molecule has 0 radical (unpaired) electrons. The number of likely N-dealkylation sites (tertiary alicyclic amines) is 1. The first-order valence-corrected chi connectivity index (χ1v) is 9.74. The lowest BCUT2D eigenvalue weighted by atomic mass is 9.91. The van der Waals surface area contributed by atoms with Gasteiger partial charge < -0.3 is 5.11 Å². The van der Waals surface area contributed by atoms with Gasteiger partial charge in [0.2, 0.25) is 0 Å². The minimum absolute atomic E-state index is 0.0370. The molecule has 28 heavy (non-hydrogen) atoms. The number of piperidine rings is 1. The minimum atomic E-state index is -0.697. The van der Waals surface area contributed by atoms with Crippen molar-refractivity contribution in [1.82, 2.24) is 9.88 Å². The number of carbonyl (C=O) groups is 1. The van der Waals surface area contributed by atoms with E-state index in [1.807, 2.05) is 30.3 Å². The third-order valence-corrected chi connectivity index (χ3v) is 5.52. The number of pyridine rings is 1. The molecule has 0 aliphatic carbocycles. The van der Waals surface area contributed by atoms with E-state index in [4.69, 9.17) is 0 Å². The van der Waals surface area contributed by atoms with E-state index in [0.29, 0.717) is 6.54 Å². The van der Waals surface area contributed by atoms with Crippen LogP contribution >= 0.6 is 0 Å². The molecule has 3 aromatic rings. The van der Waals surface area contributed by atoms with Gasteiger partial charge in [0, 0.05) is 18.9 Å². The van der Waals surface area contributed by atoms with Crippen molar-refractivity contribution in [2.24, 2.45) is 5.92 Å². The first kappa shape index (κ1) is 18.4. The average Bonchev–Trinajstić information content (AvgIpc) is 2.76. The van der Waals surface area contributed by atoms with E-state index in [0.717, 1.165) is 24.9 Å². The molecular formula is C24H24N2O2. The van der Waals surface area contributed by atoms with Gasteiger partial charge >= 0.3 is 5.97 Å². The molecule has 2 unspecified atom stereocenters. The van der Waals surface area contributed by atoms with Crippen molar-refractivity contribution < 1.29 is 9.90 Å². The predicted molar refractivity (Wildman–Crippen MR) is 110 cm³/mol. The van der Waals surface area contributed by atoms with Crippen molar-refractivity contribution in [1.29, 1.82) is 0 Å². The molecule has 0 amide bonds. The third kappa shape index (κ3) is 3.97. The molecule has 2 atom stereocenters. The summed E-state index contributed by atoms with van der Waals surface area (Å²) in [7, 11) is 0. The Kier molecular flexibility index (Phi) is 5.49. The van der Waals surface area contributed by atoms with Gasteiger partial charge in [0.05, 0.1) is 12.0 Å². The normalized spacial score (nSPS) is 18.5. The molecule has 1 N–H and O–H groups in total. The van der Waals surface area contributed by atoms with Crippen LogP contribution in [0, 0.1) is 5.92 Å². The van der Waals surface area contributed by atoms with Crippen LogP contribution in [0.25, 0.3) is 11.1 Å². The fraction of sp³-hybridized carbons (Fsp3) is 0.250. The Morgan fingerprint density at radius 2 is 1.57 bits per heavy atom. The van der Waals surface area contributed by atoms with Crippen molar-refractivity contribution in [3.8, 4) is 11.1 Å². The van der Waals surface area contributed by atoms with E-state index in [1.54, 1.807) is 12.4 Å². The molecule has 1 aliphatic heterocycles. The molecule has 1 aliphatic rings. The number of rotatable bonds is 5. The zero-order valence-corrected chi connectivity index (χ0v) is 15.7. The lowest BCUT2D eigenvalue weighted by Gasteiger charge is -2.37. The molecule has 1 aromatic heterocycles. The van der Waals surface area contributed by atoms with E-state index in [1.165, 1.54) is 16.7 Å². The molecule has 0 bridgehead atoms. The maximum absolute atomic E-state index is 11.6. The largest absolute Gasteiger partial charge is 0.481 e. The second-order valence-corrected chi connectivity index (χ2v) is 7.34. The monoisotopic (exact) mass is 372 g/mol. The van der Waals surface area contributed by atoms with Gasteiger partial charge in [0.15, 0.2) is 0 Å². The van der Waals surface area contributed by atoms with E-state index in [-0.39, 0.29) is 12.0 Å². The zero-order chi connectivity index (χ0) is 19.3. The highest BCUT2D eigenvalue weighted by Crippen LogP contribution is 2.33. The molecule has 2 aromatic carbocycles. The van der Waals surface area contributed by atoms with Crippen LogP contribution in [0.5, 0.6) is 0 Å². The van der Waals surface area contributed by atoms with Crippen molar-refractivity contribution in [3.05, 3.63) is 90.3 Å². The second-order valence-electron chi connectivity index (χ2n) is 7.34. The Balaban J connectivity index is 1.67. The van der Waals surface area contributed by atoms with E-state index >= 15 is 0 Å². The summed E-state index contributed by atoms with van der Waals surface area (Å²) in [6.45, 7) is 1.47.